The standard InChI is InChI=1S/C28H29N5O3/c1-17-8-9-21(32-26(34)18-11-19(28(2,3)4)13-20(29)12-18)14-23(17)24-15-25(36-33-24)27(35)31-16-22-7-5-6-10-30-22/h5-15H,16,29H2,1-4H3,(H,31,35)(H,32,34). The fourth-order valence-corrected chi connectivity index (χ4v) is 3.66. The summed E-state index contributed by atoms with van der Waals surface area (Å²) in [6.45, 7) is 8.41. The van der Waals surface area contributed by atoms with Gasteiger partial charge in [0.15, 0.2) is 0 Å². The molecule has 0 bridgehead atoms. The van der Waals surface area contributed by atoms with Crippen LogP contribution in [0.3, 0.4) is 0 Å². The molecule has 2 aromatic carbocycles. The third kappa shape index (κ3) is 5.78. The van der Waals surface area contributed by atoms with Crippen LogP contribution in [0, 0.1) is 6.92 Å². The number of rotatable bonds is 6. The predicted molar refractivity (Wildman–Crippen MR) is 140 cm³/mol. The molecule has 4 aromatic rings. The van der Waals surface area contributed by atoms with Crippen molar-refractivity contribution in [2.75, 3.05) is 11.1 Å². The highest BCUT2D eigenvalue weighted by atomic mass is 16.5. The van der Waals surface area contributed by atoms with E-state index in [0.717, 1.165) is 22.4 Å². The van der Waals surface area contributed by atoms with Gasteiger partial charge in [0, 0.05) is 34.8 Å². The molecule has 0 saturated carbocycles. The fourth-order valence-electron chi connectivity index (χ4n) is 3.66. The zero-order chi connectivity index (χ0) is 25.9. The number of benzene rings is 2. The number of aryl methyl sites for hydroxylation is 1. The molecule has 2 heterocycles. The molecule has 0 atom stereocenters. The number of hydrogen-bond donors (Lipinski definition) is 3. The van der Waals surface area contributed by atoms with Gasteiger partial charge in [0.25, 0.3) is 11.8 Å². The second-order valence-electron chi connectivity index (χ2n) is 9.66. The quantitative estimate of drug-likeness (QED) is 0.328. The lowest BCUT2D eigenvalue weighted by molar-refractivity contribution is 0.0913. The molecule has 0 saturated heterocycles. The molecule has 184 valence electrons. The van der Waals surface area contributed by atoms with Crippen molar-refractivity contribution in [2.45, 2.75) is 39.7 Å². The third-order valence-electron chi connectivity index (χ3n) is 5.75. The Morgan fingerprint density at radius 2 is 1.81 bits per heavy atom. The third-order valence-corrected chi connectivity index (χ3v) is 5.75. The van der Waals surface area contributed by atoms with Crippen LogP contribution >= 0.6 is 0 Å². The smallest absolute Gasteiger partial charge is 0.290 e. The number of aromatic nitrogens is 2. The number of anilines is 2. The predicted octanol–water partition coefficient (Wildman–Crippen LogP) is 5.11. The van der Waals surface area contributed by atoms with E-state index in [-0.39, 0.29) is 23.6 Å². The molecule has 0 fully saturated rings. The number of amides is 2. The SMILES string of the molecule is Cc1ccc(NC(=O)c2cc(N)cc(C(C)(C)C)c2)cc1-c1cc(C(=O)NCc2ccccn2)on1. The lowest BCUT2D eigenvalue weighted by Crippen LogP contribution is -2.22. The first kappa shape index (κ1) is 24.7. The number of pyridine rings is 1. The molecule has 0 aliphatic rings. The van der Waals surface area contributed by atoms with Gasteiger partial charge in [-0.3, -0.25) is 14.6 Å². The van der Waals surface area contributed by atoms with Crippen LogP contribution in [0.4, 0.5) is 11.4 Å². The number of carbonyl (C=O) groups excluding carboxylic acids is 2. The van der Waals surface area contributed by atoms with Gasteiger partial charge < -0.3 is 20.9 Å². The highest BCUT2D eigenvalue weighted by Gasteiger charge is 2.19. The summed E-state index contributed by atoms with van der Waals surface area (Å²) < 4.78 is 5.29. The van der Waals surface area contributed by atoms with Crippen molar-refractivity contribution in [3.8, 4) is 11.3 Å². The summed E-state index contributed by atoms with van der Waals surface area (Å²) in [4.78, 5) is 29.7. The van der Waals surface area contributed by atoms with E-state index in [1.807, 2.05) is 49.4 Å². The Hall–Kier alpha value is -4.46. The van der Waals surface area contributed by atoms with E-state index >= 15 is 0 Å². The molecule has 2 amide bonds. The van der Waals surface area contributed by atoms with Crippen LogP contribution in [0.1, 0.15) is 58.5 Å². The first-order chi connectivity index (χ1) is 17.1. The largest absolute Gasteiger partial charge is 0.399 e. The highest BCUT2D eigenvalue weighted by molar-refractivity contribution is 6.05. The number of nitrogens with one attached hydrogen (secondary N) is 2. The van der Waals surface area contributed by atoms with E-state index in [2.05, 4.69) is 41.5 Å². The van der Waals surface area contributed by atoms with Crippen molar-refractivity contribution in [1.82, 2.24) is 15.5 Å². The Labute approximate surface area is 209 Å². The van der Waals surface area contributed by atoms with Crippen LogP contribution in [0.25, 0.3) is 11.3 Å². The second-order valence-corrected chi connectivity index (χ2v) is 9.66. The first-order valence-electron chi connectivity index (χ1n) is 11.6. The van der Waals surface area contributed by atoms with Gasteiger partial charge in [0.1, 0.15) is 5.69 Å². The molecule has 0 aliphatic carbocycles. The lowest BCUT2D eigenvalue weighted by Gasteiger charge is -2.20. The van der Waals surface area contributed by atoms with Crippen molar-refractivity contribution in [1.29, 1.82) is 0 Å². The molecule has 4 rings (SSSR count). The van der Waals surface area contributed by atoms with Gasteiger partial charge in [0.05, 0.1) is 12.2 Å². The average molecular weight is 484 g/mol. The highest BCUT2D eigenvalue weighted by Crippen LogP contribution is 2.28. The van der Waals surface area contributed by atoms with Crippen LogP contribution in [0.5, 0.6) is 0 Å². The van der Waals surface area contributed by atoms with Gasteiger partial charge in [-0.1, -0.05) is 38.1 Å². The van der Waals surface area contributed by atoms with Gasteiger partial charge in [-0.15, -0.1) is 0 Å². The molecule has 2 aromatic heterocycles. The number of nitrogens with two attached hydrogens (primary N) is 1. The van der Waals surface area contributed by atoms with Gasteiger partial charge in [-0.25, -0.2) is 0 Å². The van der Waals surface area contributed by atoms with Crippen molar-refractivity contribution in [2.24, 2.45) is 0 Å². The van der Waals surface area contributed by atoms with E-state index in [9.17, 15) is 9.59 Å². The topological polar surface area (TPSA) is 123 Å². The van der Waals surface area contributed by atoms with Crippen LogP contribution in [-0.2, 0) is 12.0 Å². The van der Waals surface area contributed by atoms with Gasteiger partial charge in [0.2, 0.25) is 5.76 Å². The number of hydrogen-bond acceptors (Lipinski definition) is 6. The van der Waals surface area contributed by atoms with Crippen molar-refractivity contribution in [3.63, 3.8) is 0 Å². The van der Waals surface area contributed by atoms with E-state index < -0.39 is 5.91 Å². The monoisotopic (exact) mass is 483 g/mol. The normalized spacial score (nSPS) is 11.2. The minimum Gasteiger partial charge on any atom is -0.399 e. The van der Waals surface area contributed by atoms with E-state index in [4.69, 9.17) is 10.3 Å². The molecule has 0 radical (unpaired) electrons. The lowest BCUT2D eigenvalue weighted by atomic mass is 9.85. The molecule has 0 aliphatic heterocycles. The van der Waals surface area contributed by atoms with Crippen molar-refractivity contribution >= 4 is 23.2 Å². The maximum Gasteiger partial charge on any atom is 0.290 e. The molecule has 4 N–H and O–H groups in total. The zero-order valence-electron chi connectivity index (χ0n) is 20.8. The average Bonchev–Trinajstić information content (AvgIpc) is 3.33. The Balaban J connectivity index is 1.50. The summed E-state index contributed by atoms with van der Waals surface area (Å²) in [7, 11) is 0. The Morgan fingerprint density at radius 1 is 1.00 bits per heavy atom. The summed E-state index contributed by atoms with van der Waals surface area (Å²) in [5.41, 5.74) is 11.4. The first-order valence-corrected chi connectivity index (χ1v) is 11.6. The van der Waals surface area contributed by atoms with Crippen molar-refractivity contribution in [3.05, 3.63) is 95.0 Å². The Bertz CT molecular complexity index is 1400. The van der Waals surface area contributed by atoms with Crippen LogP contribution in [-0.4, -0.2) is 22.0 Å². The zero-order valence-corrected chi connectivity index (χ0v) is 20.8. The number of carbonyl (C=O) groups is 2. The fraction of sp³-hybridized carbons (Fsp3) is 0.214. The van der Waals surface area contributed by atoms with Gasteiger partial charge in [-0.05, 0) is 65.9 Å². The van der Waals surface area contributed by atoms with Crippen LogP contribution in [0.2, 0.25) is 0 Å². The van der Waals surface area contributed by atoms with E-state index in [1.165, 1.54) is 0 Å². The van der Waals surface area contributed by atoms with Crippen LogP contribution in [0.15, 0.2) is 71.4 Å². The van der Waals surface area contributed by atoms with Gasteiger partial charge >= 0.3 is 0 Å². The van der Waals surface area contributed by atoms with Crippen LogP contribution < -0.4 is 16.4 Å². The molecule has 8 heteroatoms. The van der Waals surface area contributed by atoms with Crippen molar-refractivity contribution < 1.29 is 14.1 Å². The Kier molecular flexibility index (Phi) is 6.87. The molecular weight excluding hydrogens is 454 g/mol. The van der Waals surface area contributed by atoms with Gasteiger partial charge in [-0.2, -0.15) is 0 Å². The number of nitrogen functional groups attached to an aromatic ring is 1. The van der Waals surface area contributed by atoms with E-state index in [1.54, 1.807) is 24.4 Å². The maximum atomic E-state index is 13.0. The summed E-state index contributed by atoms with van der Waals surface area (Å²) in [6.07, 6.45) is 1.67. The summed E-state index contributed by atoms with van der Waals surface area (Å²) in [6, 6.07) is 18.0. The number of nitrogens with zero attached hydrogens (tertiary/aromatic N) is 2. The summed E-state index contributed by atoms with van der Waals surface area (Å²) >= 11 is 0. The Morgan fingerprint density at radius 3 is 2.53 bits per heavy atom. The minimum atomic E-state index is -0.391. The summed E-state index contributed by atoms with van der Waals surface area (Å²) in [5.74, 6) is -0.570. The minimum absolute atomic E-state index is 0.0873. The second kappa shape index (κ2) is 10.0. The molecule has 0 unspecified atom stereocenters. The summed E-state index contributed by atoms with van der Waals surface area (Å²) in [5, 5.41) is 9.77. The molecule has 36 heavy (non-hydrogen) atoms. The molecule has 8 nitrogen and oxygen atoms in total. The molecule has 0 spiro atoms. The maximum absolute atomic E-state index is 13.0. The van der Waals surface area contributed by atoms with E-state index in [0.29, 0.717) is 22.6 Å². The molecular formula is C28H29N5O3.